The Bertz CT molecular complexity index is 487. The van der Waals surface area contributed by atoms with Gasteiger partial charge in [0.1, 0.15) is 5.75 Å². The minimum absolute atomic E-state index is 0.135. The molecule has 1 aliphatic rings. The van der Waals surface area contributed by atoms with Gasteiger partial charge in [0.25, 0.3) is 0 Å². The Morgan fingerprint density at radius 1 is 1.41 bits per heavy atom. The second kappa shape index (κ2) is 8.18. The summed E-state index contributed by atoms with van der Waals surface area (Å²) in [4.78, 5) is 14.1. The summed E-state index contributed by atoms with van der Waals surface area (Å²) in [5, 5.41) is 0. The van der Waals surface area contributed by atoms with Crippen molar-refractivity contribution in [1.29, 1.82) is 0 Å². The lowest BCUT2D eigenvalue weighted by Gasteiger charge is -2.33. The van der Waals surface area contributed by atoms with Crippen LogP contribution in [-0.4, -0.2) is 37.1 Å². The van der Waals surface area contributed by atoms with Gasteiger partial charge in [-0.2, -0.15) is 0 Å². The van der Waals surface area contributed by atoms with E-state index in [0.29, 0.717) is 18.9 Å². The predicted octanol–water partition coefficient (Wildman–Crippen LogP) is 3.25. The molecule has 4 heteroatoms. The molecule has 0 aliphatic carbocycles. The molecule has 4 nitrogen and oxygen atoms in total. The molecule has 1 heterocycles. The lowest BCUT2D eigenvalue weighted by molar-refractivity contribution is -0.136. The van der Waals surface area contributed by atoms with Crippen LogP contribution in [0, 0.1) is 5.92 Å². The summed E-state index contributed by atoms with van der Waals surface area (Å²) in [5.74, 6) is 1.51. The highest BCUT2D eigenvalue weighted by atomic mass is 16.5. The molecule has 0 unspecified atom stereocenters. The molecule has 1 aliphatic heterocycles. The fourth-order valence-corrected chi connectivity index (χ4v) is 2.76. The number of ether oxygens (including phenoxy) is 2. The fraction of sp³-hybridized carbons (Fsp3) is 0.611. The molecule has 1 aromatic carbocycles. The normalized spacial score (nSPS) is 18.5. The number of carbonyl (C=O) groups is 1. The molecule has 0 saturated carbocycles. The van der Waals surface area contributed by atoms with E-state index in [1.807, 2.05) is 29.2 Å². The van der Waals surface area contributed by atoms with E-state index >= 15 is 0 Å². The minimum atomic E-state index is 0.135. The van der Waals surface area contributed by atoms with Gasteiger partial charge >= 0.3 is 0 Å². The Morgan fingerprint density at radius 2 is 2.23 bits per heavy atom. The van der Waals surface area contributed by atoms with E-state index in [9.17, 15) is 4.79 Å². The van der Waals surface area contributed by atoms with E-state index in [-0.39, 0.29) is 12.0 Å². The number of piperidine rings is 1. The van der Waals surface area contributed by atoms with Gasteiger partial charge in [-0.1, -0.05) is 26.0 Å². The van der Waals surface area contributed by atoms with Gasteiger partial charge in [-0.25, -0.2) is 0 Å². The van der Waals surface area contributed by atoms with E-state index < -0.39 is 0 Å². The molecule has 1 fully saturated rings. The van der Waals surface area contributed by atoms with Crippen LogP contribution in [0.5, 0.6) is 5.75 Å². The van der Waals surface area contributed by atoms with Crippen molar-refractivity contribution in [2.45, 2.75) is 45.8 Å². The zero-order valence-corrected chi connectivity index (χ0v) is 13.9. The lowest BCUT2D eigenvalue weighted by Crippen LogP contribution is -2.43. The quantitative estimate of drug-likeness (QED) is 0.810. The van der Waals surface area contributed by atoms with E-state index in [1.54, 1.807) is 7.11 Å². The van der Waals surface area contributed by atoms with Gasteiger partial charge in [0.15, 0.2) is 0 Å². The summed E-state index contributed by atoms with van der Waals surface area (Å²) >= 11 is 0. The Hall–Kier alpha value is -1.55. The van der Waals surface area contributed by atoms with Crippen molar-refractivity contribution in [3.63, 3.8) is 0 Å². The average Bonchev–Trinajstić information content (AvgIpc) is 2.53. The van der Waals surface area contributed by atoms with E-state index in [0.717, 1.165) is 37.2 Å². The molecule has 0 radical (unpaired) electrons. The molecule has 1 amide bonds. The molecule has 0 aromatic heterocycles. The van der Waals surface area contributed by atoms with Gasteiger partial charge in [-0.15, -0.1) is 0 Å². The molecule has 0 N–H and O–H groups in total. The summed E-state index contributed by atoms with van der Waals surface area (Å²) in [6.45, 7) is 6.31. The van der Waals surface area contributed by atoms with Crippen LogP contribution < -0.4 is 4.74 Å². The van der Waals surface area contributed by atoms with Gasteiger partial charge in [0, 0.05) is 19.5 Å². The number of carbonyl (C=O) groups excluding carboxylic acids is 1. The molecular weight excluding hydrogens is 278 g/mol. The predicted molar refractivity (Wildman–Crippen MR) is 86.8 cm³/mol. The van der Waals surface area contributed by atoms with Crippen LogP contribution in [0.4, 0.5) is 0 Å². The van der Waals surface area contributed by atoms with E-state index in [2.05, 4.69) is 13.8 Å². The molecule has 1 saturated heterocycles. The second-order valence-corrected chi connectivity index (χ2v) is 6.36. The monoisotopic (exact) mass is 305 g/mol. The molecule has 2 rings (SSSR count). The number of likely N-dealkylation sites (tertiary alicyclic amines) is 1. The van der Waals surface area contributed by atoms with Gasteiger partial charge in [-0.3, -0.25) is 4.79 Å². The van der Waals surface area contributed by atoms with Crippen LogP contribution in [0.3, 0.4) is 0 Å². The van der Waals surface area contributed by atoms with Crippen LogP contribution in [0.2, 0.25) is 0 Å². The van der Waals surface area contributed by atoms with Gasteiger partial charge in [-0.05, 0) is 36.5 Å². The SMILES string of the molecule is COc1cccc(CO[C@@H]2CCCN(C(=O)CC(C)C)C2)c1. The summed E-state index contributed by atoms with van der Waals surface area (Å²) in [6.07, 6.45) is 2.81. The van der Waals surface area contributed by atoms with Gasteiger partial charge in [0.2, 0.25) is 5.91 Å². The molecule has 1 aromatic rings. The zero-order chi connectivity index (χ0) is 15.9. The highest BCUT2D eigenvalue weighted by Crippen LogP contribution is 2.19. The second-order valence-electron chi connectivity index (χ2n) is 6.36. The smallest absolute Gasteiger partial charge is 0.222 e. The van der Waals surface area contributed by atoms with Crippen molar-refractivity contribution >= 4 is 5.91 Å². The van der Waals surface area contributed by atoms with Gasteiger partial charge < -0.3 is 14.4 Å². The van der Waals surface area contributed by atoms with Crippen LogP contribution in [0.25, 0.3) is 0 Å². The first-order valence-corrected chi connectivity index (χ1v) is 8.10. The topological polar surface area (TPSA) is 38.8 Å². The molecule has 1 atom stereocenters. The largest absolute Gasteiger partial charge is 0.497 e. The Labute approximate surface area is 133 Å². The highest BCUT2D eigenvalue weighted by Gasteiger charge is 2.24. The fourth-order valence-electron chi connectivity index (χ4n) is 2.76. The molecule has 0 bridgehead atoms. The molecule has 22 heavy (non-hydrogen) atoms. The number of amides is 1. The summed E-state index contributed by atoms with van der Waals surface area (Å²) in [7, 11) is 1.67. The number of benzene rings is 1. The average molecular weight is 305 g/mol. The first-order chi connectivity index (χ1) is 10.6. The van der Waals surface area contributed by atoms with E-state index in [4.69, 9.17) is 9.47 Å². The van der Waals surface area contributed by atoms with Crippen LogP contribution in [0.15, 0.2) is 24.3 Å². The van der Waals surface area contributed by atoms with Crippen molar-refractivity contribution in [1.82, 2.24) is 4.90 Å². The van der Waals surface area contributed by atoms with Crippen molar-refractivity contribution in [3.8, 4) is 5.75 Å². The number of nitrogens with zero attached hydrogens (tertiary/aromatic N) is 1. The van der Waals surface area contributed by atoms with Crippen molar-refractivity contribution < 1.29 is 14.3 Å². The Morgan fingerprint density at radius 3 is 2.95 bits per heavy atom. The summed E-state index contributed by atoms with van der Waals surface area (Å²) in [5.41, 5.74) is 1.10. The summed E-state index contributed by atoms with van der Waals surface area (Å²) in [6, 6.07) is 7.92. The zero-order valence-electron chi connectivity index (χ0n) is 13.9. The molecular formula is C18H27NO3. The van der Waals surface area contributed by atoms with Crippen molar-refractivity contribution in [2.75, 3.05) is 20.2 Å². The Kier molecular flexibility index (Phi) is 6.25. The maximum atomic E-state index is 12.2. The lowest BCUT2D eigenvalue weighted by atomic mass is 10.1. The maximum absolute atomic E-state index is 12.2. The third kappa shape index (κ3) is 5.02. The maximum Gasteiger partial charge on any atom is 0.222 e. The molecule has 122 valence electrons. The first kappa shape index (κ1) is 16.8. The van der Waals surface area contributed by atoms with Crippen LogP contribution >= 0.6 is 0 Å². The number of methoxy groups -OCH3 is 1. The highest BCUT2D eigenvalue weighted by molar-refractivity contribution is 5.76. The molecule has 0 spiro atoms. The Balaban J connectivity index is 1.83. The minimum Gasteiger partial charge on any atom is -0.497 e. The number of hydrogen-bond donors (Lipinski definition) is 0. The van der Waals surface area contributed by atoms with Crippen LogP contribution in [0.1, 0.15) is 38.7 Å². The summed E-state index contributed by atoms with van der Waals surface area (Å²) < 4.78 is 11.2. The number of hydrogen-bond acceptors (Lipinski definition) is 3. The number of rotatable bonds is 6. The standard InChI is InChI=1S/C18H27NO3/c1-14(2)10-18(20)19-9-5-8-17(12-19)22-13-15-6-4-7-16(11-15)21-3/h4,6-7,11,14,17H,5,8-10,12-13H2,1-3H3/t17-/m1/s1. The van der Waals surface area contributed by atoms with E-state index in [1.165, 1.54) is 0 Å². The third-order valence-electron chi connectivity index (χ3n) is 3.93. The first-order valence-electron chi connectivity index (χ1n) is 8.10. The van der Waals surface area contributed by atoms with Gasteiger partial charge in [0.05, 0.1) is 19.8 Å². The van der Waals surface area contributed by atoms with Crippen LogP contribution in [-0.2, 0) is 16.1 Å². The van der Waals surface area contributed by atoms with Crippen molar-refractivity contribution in [3.05, 3.63) is 29.8 Å². The third-order valence-corrected chi connectivity index (χ3v) is 3.93. The van der Waals surface area contributed by atoms with Crippen molar-refractivity contribution in [2.24, 2.45) is 5.92 Å².